The predicted molar refractivity (Wildman–Crippen MR) is 171 cm³/mol. The lowest BCUT2D eigenvalue weighted by atomic mass is 9.99. The van der Waals surface area contributed by atoms with Gasteiger partial charge in [0, 0.05) is 43.5 Å². The molecule has 43 heavy (non-hydrogen) atoms. The number of amides is 2. The van der Waals surface area contributed by atoms with Crippen molar-refractivity contribution in [3.63, 3.8) is 0 Å². The molecule has 3 saturated heterocycles. The van der Waals surface area contributed by atoms with Crippen LogP contribution in [-0.4, -0.2) is 120 Å². The van der Waals surface area contributed by atoms with E-state index in [-0.39, 0.29) is 30.5 Å². The molecule has 3 N–H and O–H groups in total. The Labute approximate surface area is 261 Å². The highest BCUT2D eigenvalue weighted by molar-refractivity contribution is 7.99. The molecular weight excluding hydrogens is 588 g/mol. The Morgan fingerprint density at radius 2 is 1.86 bits per heavy atom. The van der Waals surface area contributed by atoms with Crippen LogP contribution in [0.25, 0.3) is 0 Å². The number of hydrogen-bond donors (Lipinski definition) is 3. The number of nitrogens with one attached hydrogen (secondary N) is 2. The number of carbonyl (C=O) groups excluding carboxylic acids is 2. The first-order valence-electron chi connectivity index (χ1n) is 15.5. The molecule has 4 rings (SSSR count). The van der Waals surface area contributed by atoms with Gasteiger partial charge in [-0.3, -0.25) is 14.6 Å². The van der Waals surface area contributed by atoms with E-state index in [4.69, 9.17) is 4.74 Å². The van der Waals surface area contributed by atoms with E-state index in [2.05, 4.69) is 15.5 Å². The molecule has 1 aromatic rings. The van der Waals surface area contributed by atoms with E-state index in [1.54, 1.807) is 0 Å². The van der Waals surface area contributed by atoms with E-state index >= 15 is 0 Å². The van der Waals surface area contributed by atoms with Crippen molar-refractivity contribution in [3.05, 3.63) is 35.9 Å². The molecule has 10 nitrogen and oxygen atoms in total. The fourth-order valence-corrected chi connectivity index (χ4v) is 10.1. The van der Waals surface area contributed by atoms with Gasteiger partial charge in [0.25, 0.3) is 0 Å². The van der Waals surface area contributed by atoms with Crippen LogP contribution in [0.1, 0.15) is 53.0 Å². The summed E-state index contributed by atoms with van der Waals surface area (Å²) >= 11 is 1.95. The number of thioether (sulfide) groups is 1. The third kappa shape index (κ3) is 9.32. The highest BCUT2D eigenvalue weighted by atomic mass is 32.2. The first-order chi connectivity index (χ1) is 20.2. The van der Waals surface area contributed by atoms with Gasteiger partial charge in [-0.1, -0.05) is 44.2 Å². The number of piperazine rings is 1. The fourth-order valence-electron chi connectivity index (χ4n) is 6.53. The van der Waals surface area contributed by atoms with E-state index in [1.165, 1.54) is 0 Å². The smallest absolute Gasteiger partial charge is 0.407 e. The van der Waals surface area contributed by atoms with Crippen LogP contribution in [-0.2, 0) is 25.8 Å². The van der Waals surface area contributed by atoms with E-state index in [0.29, 0.717) is 25.6 Å². The summed E-state index contributed by atoms with van der Waals surface area (Å²) < 4.78 is 30.8. The number of ether oxygens (including phenoxy) is 1. The number of benzene rings is 1. The van der Waals surface area contributed by atoms with Gasteiger partial charge < -0.3 is 20.5 Å². The molecule has 0 aromatic heterocycles. The van der Waals surface area contributed by atoms with Gasteiger partial charge in [-0.2, -0.15) is 11.8 Å². The number of alkyl carbamates (subject to hydrolysis) is 1. The monoisotopic (exact) mass is 638 g/mol. The predicted octanol–water partition coefficient (Wildman–Crippen LogP) is 2.30. The zero-order chi connectivity index (χ0) is 31.4. The number of carbonyl (C=O) groups is 2. The molecule has 0 saturated carbocycles. The maximum absolute atomic E-state index is 13.5. The molecular formula is C31H50N4O6S2. The first-order valence-corrected chi connectivity index (χ1v) is 18.4. The van der Waals surface area contributed by atoms with Crippen molar-refractivity contribution in [2.75, 3.05) is 43.4 Å². The molecule has 3 fully saturated rings. The summed E-state index contributed by atoms with van der Waals surface area (Å²) in [5, 5.41) is 16.9. The van der Waals surface area contributed by atoms with Crippen LogP contribution >= 0.6 is 11.8 Å². The molecule has 0 bridgehead atoms. The van der Waals surface area contributed by atoms with Crippen molar-refractivity contribution in [2.24, 2.45) is 5.92 Å². The summed E-state index contributed by atoms with van der Waals surface area (Å²) in [7, 11) is -3.34. The van der Waals surface area contributed by atoms with Crippen LogP contribution in [0.5, 0.6) is 0 Å². The second-order valence-corrected chi connectivity index (χ2v) is 17.0. The molecule has 3 aliphatic rings. The van der Waals surface area contributed by atoms with E-state index in [9.17, 15) is 23.1 Å². The van der Waals surface area contributed by atoms with Crippen molar-refractivity contribution in [1.29, 1.82) is 0 Å². The molecule has 0 spiro atoms. The molecule has 12 heteroatoms. The lowest BCUT2D eigenvalue weighted by molar-refractivity contribution is -0.131. The van der Waals surface area contributed by atoms with Crippen LogP contribution in [0.4, 0.5) is 4.79 Å². The lowest BCUT2D eigenvalue weighted by Gasteiger charge is -2.44. The number of nitrogens with zero attached hydrogens (tertiary/aromatic N) is 2. The zero-order valence-electron chi connectivity index (χ0n) is 26.2. The molecule has 0 radical (unpaired) electrons. The fraction of sp³-hybridized carbons (Fsp3) is 0.742. The molecule has 1 unspecified atom stereocenters. The van der Waals surface area contributed by atoms with Gasteiger partial charge in [-0.05, 0) is 57.3 Å². The lowest BCUT2D eigenvalue weighted by Crippen LogP contribution is -2.64. The highest BCUT2D eigenvalue weighted by Crippen LogP contribution is 2.30. The first kappa shape index (κ1) is 34.0. The summed E-state index contributed by atoms with van der Waals surface area (Å²) in [5.41, 5.74) is 0.538. The van der Waals surface area contributed by atoms with Crippen LogP contribution < -0.4 is 10.6 Å². The Morgan fingerprint density at radius 3 is 2.49 bits per heavy atom. The zero-order valence-corrected chi connectivity index (χ0v) is 27.8. The average molecular weight is 639 g/mol. The van der Waals surface area contributed by atoms with Gasteiger partial charge in [0.15, 0.2) is 9.84 Å². The quantitative estimate of drug-likeness (QED) is 0.354. The van der Waals surface area contributed by atoms with Gasteiger partial charge in [-0.25, -0.2) is 13.2 Å². The van der Waals surface area contributed by atoms with Crippen LogP contribution in [0, 0.1) is 5.92 Å². The number of aliphatic hydroxyl groups excluding tert-OH is 1. The third-order valence-electron chi connectivity index (χ3n) is 8.62. The molecule has 6 atom stereocenters. The number of rotatable bonds is 10. The molecule has 3 aliphatic heterocycles. The van der Waals surface area contributed by atoms with Crippen molar-refractivity contribution in [1.82, 2.24) is 20.4 Å². The van der Waals surface area contributed by atoms with Crippen LogP contribution in [0.3, 0.4) is 0 Å². The van der Waals surface area contributed by atoms with Crippen molar-refractivity contribution in [3.8, 4) is 0 Å². The summed E-state index contributed by atoms with van der Waals surface area (Å²) in [6, 6.07) is 8.89. The topological polar surface area (TPSA) is 128 Å². The molecule has 242 valence electrons. The molecule has 3 heterocycles. The van der Waals surface area contributed by atoms with Crippen molar-refractivity contribution in [2.45, 2.75) is 95.0 Å². The van der Waals surface area contributed by atoms with Gasteiger partial charge in [0.1, 0.15) is 17.4 Å². The van der Waals surface area contributed by atoms with Gasteiger partial charge in [0.05, 0.1) is 17.9 Å². The maximum atomic E-state index is 13.5. The van der Waals surface area contributed by atoms with Crippen LogP contribution in [0.2, 0.25) is 0 Å². The number of hydrogen-bond acceptors (Lipinski definition) is 9. The van der Waals surface area contributed by atoms with Crippen molar-refractivity contribution >= 4 is 33.6 Å². The summed E-state index contributed by atoms with van der Waals surface area (Å²) in [4.78, 5) is 31.1. The second kappa shape index (κ2) is 14.5. The third-order valence-corrected chi connectivity index (χ3v) is 12.2. The average Bonchev–Trinajstić information content (AvgIpc) is 3.56. The number of aliphatic hydroxyl groups is 1. The van der Waals surface area contributed by atoms with Crippen LogP contribution in [0.15, 0.2) is 30.3 Å². The minimum absolute atomic E-state index is 0.00654. The Bertz CT molecular complexity index is 1190. The summed E-state index contributed by atoms with van der Waals surface area (Å²) in [5.74, 6) is 1.95. The van der Waals surface area contributed by atoms with Crippen molar-refractivity contribution < 1.29 is 27.9 Å². The Morgan fingerprint density at radius 1 is 1.14 bits per heavy atom. The second-order valence-electron chi connectivity index (χ2n) is 13.6. The number of β-amino-alcohol motifs (C(OH)–C–C–N with tert-alkyl or cyclic N) is 1. The molecule has 0 aliphatic carbocycles. The van der Waals surface area contributed by atoms with Gasteiger partial charge >= 0.3 is 6.09 Å². The number of sulfone groups is 1. The molecule has 1 aromatic carbocycles. The normalized spacial score (nSPS) is 28.0. The van der Waals surface area contributed by atoms with Gasteiger partial charge in [-0.15, -0.1) is 0 Å². The minimum Gasteiger partial charge on any atom is -0.445 e. The van der Waals surface area contributed by atoms with Gasteiger partial charge in [0.2, 0.25) is 5.91 Å². The SMILES string of the molecule is CC(C)[C@@H]1[C@H](OC(=O)N[C@@H](Cc2ccccc2)[C@H](O)CN2CCN(C3CCSC3)C[C@H]2C(=O)NC(C)(C)C)CCS1(=O)=O. The summed E-state index contributed by atoms with van der Waals surface area (Å²) in [6.45, 7) is 11.7. The maximum Gasteiger partial charge on any atom is 0.407 e. The van der Waals surface area contributed by atoms with E-state index < -0.39 is 51.0 Å². The van der Waals surface area contributed by atoms with E-state index in [0.717, 1.165) is 30.0 Å². The Balaban J connectivity index is 1.48. The highest BCUT2D eigenvalue weighted by Gasteiger charge is 2.45. The standard InChI is InChI=1S/C31H50N4O6S2/c1-21(2)28-27(12-16-43(28,39)40)41-30(38)32-24(17-22-9-7-6-8-10-22)26(36)19-35-14-13-34(23-11-15-42-20-23)18-25(35)29(37)33-31(3,4)5/h6-10,21,23-28,36H,11-20H2,1-5H3,(H,32,38)(H,33,37)/t23?,24-,25-,26+,27+,28+/m0/s1. The van der Waals surface area contributed by atoms with E-state index in [1.807, 2.05) is 81.6 Å². The summed E-state index contributed by atoms with van der Waals surface area (Å²) in [6.07, 6.45) is -0.735. The largest absolute Gasteiger partial charge is 0.445 e. The molecule has 2 amide bonds. The Hall–Kier alpha value is -1.86. The minimum atomic E-state index is -3.34. The Kier molecular flexibility index (Phi) is 11.5.